The van der Waals surface area contributed by atoms with Gasteiger partial charge in [-0.1, -0.05) is 0 Å². The first-order valence-electron chi connectivity index (χ1n) is 3.56. The molecule has 62 valence electrons. The van der Waals surface area contributed by atoms with Crippen LogP contribution in [0.1, 0.15) is 5.76 Å². The largest absolute Gasteiger partial charge is 0.469 e. The lowest BCUT2D eigenvalue weighted by molar-refractivity contribution is 0.534. The van der Waals surface area contributed by atoms with Gasteiger partial charge in [0.15, 0.2) is 5.82 Å². The Morgan fingerprint density at radius 3 is 2.83 bits per heavy atom. The van der Waals surface area contributed by atoms with Gasteiger partial charge in [-0.25, -0.2) is 4.68 Å². The molecule has 0 aliphatic heterocycles. The third-order valence-electron chi connectivity index (χ3n) is 1.72. The second-order valence-electron chi connectivity index (χ2n) is 2.52. The van der Waals surface area contributed by atoms with Gasteiger partial charge in [0.2, 0.25) is 0 Å². The predicted octanol–water partition coefficient (Wildman–Crippen LogP) is 0.779. The summed E-state index contributed by atoms with van der Waals surface area (Å²) in [5.41, 5.74) is 0.933. The number of nitrogens with zero attached hydrogens (tertiary/aromatic N) is 4. The Hall–Kier alpha value is -1.65. The molecule has 2 heterocycles. The van der Waals surface area contributed by atoms with Crippen LogP contribution >= 0.6 is 0 Å². The van der Waals surface area contributed by atoms with Crippen molar-refractivity contribution in [1.82, 2.24) is 20.2 Å². The molecule has 0 saturated carbocycles. The van der Waals surface area contributed by atoms with Crippen molar-refractivity contribution in [2.75, 3.05) is 0 Å². The van der Waals surface area contributed by atoms with Gasteiger partial charge in [0.1, 0.15) is 5.76 Å². The SMILES string of the molecule is Cc1occc1-c1nnnn1C. The summed E-state index contributed by atoms with van der Waals surface area (Å²) in [7, 11) is 1.79. The average Bonchev–Trinajstić information content (AvgIpc) is 2.59. The zero-order chi connectivity index (χ0) is 8.55. The molecule has 0 spiro atoms. The summed E-state index contributed by atoms with van der Waals surface area (Å²) >= 11 is 0. The molecule has 0 aliphatic rings. The van der Waals surface area contributed by atoms with Gasteiger partial charge in [0.05, 0.1) is 11.8 Å². The van der Waals surface area contributed by atoms with Gasteiger partial charge in [-0.2, -0.15) is 0 Å². The number of tetrazole rings is 1. The molecular weight excluding hydrogens is 156 g/mol. The van der Waals surface area contributed by atoms with Crippen molar-refractivity contribution < 1.29 is 4.42 Å². The minimum Gasteiger partial charge on any atom is -0.469 e. The molecule has 2 aromatic heterocycles. The molecule has 0 bridgehead atoms. The summed E-state index contributed by atoms with van der Waals surface area (Å²) < 4.78 is 6.74. The smallest absolute Gasteiger partial charge is 0.185 e. The summed E-state index contributed by atoms with van der Waals surface area (Å²) in [5, 5.41) is 11.1. The van der Waals surface area contributed by atoms with E-state index in [0.29, 0.717) is 0 Å². The highest BCUT2D eigenvalue weighted by molar-refractivity contribution is 5.56. The molecular formula is C7H8N4O. The number of rotatable bonds is 1. The third kappa shape index (κ3) is 0.903. The molecule has 0 atom stereocenters. The van der Waals surface area contributed by atoms with Gasteiger partial charge in [0.25, 0.3) is 0 Å². The molecule has 0 aromatic carbocycles. The summed E-state index contributed by atoms with van der Waals surface area (Å²) in [6.45, 7) is 1.88. The topological polar surface area (TPSA) is 56.7 Å². The van der Waals surface area contributed by atoms with E-state index in [1.165, 1.54) is 0 Å². The van der Waals surface area contributed by atoms with Crippen LogP contribution in [-0.2, 0) is 7.05 Å². The minimum absolute atomic E-state index is 0.723. The van der Waals surface area contributed by atoms with E-state index in [1.54, 1.807) is 18.0 Å². The van der Waals surface area contributed by atoms with Gasteiger partial charge in [-0.15, -0.1) is 5.10 Å². The molecule has 0 N–H and O–H groups in total. The molecule has 0 saturated heterocycles. The maximum atomic E-state index is 5.13. The fourth-order valence-corrected chi connectivity index (χ4v) is 1.07. The maximum Gasteiger partial charge on any atom is 0.185 e. The molecule has 5 heteroatoms. The number of furan rings is 1. The van der Waals surface area contributed by atoms with E-state index in [2.05, 4.69) is 15.5 Å². The number of aryl methyl sites for hydroxylation is 2. The van der Waals surface area contributed by atoms with E-state index in [-0.39, 0.29) is 0 Å². The molecule has 2 rings (SSSR count). The molecule has 0 unspecified atom stereocenters. The number of hydrogen-bond donors (Lipinski definition) is 0. The fourth-order valence-electron chi connectivity index (χ4n) is 1.07. The highest BCUT2D eigenvalue weighted by Gasteiger charge is 2.09. The molecule has 0 amide bonds. The Morgan fingerprint density at radius 2 is 2.33 bits per heavy atom. The first-order valence-corrected chi connectivity index (χ1v) is 3.56. The van der Waals surface area contributed by atoms with Crippen LogP contribution in [0.25, 0.3) is 11.4 Å². The van der Waals surface area contributed by atoms with Crippen LogP contribution in [0.2, 0.25) is 0 Å². The third-order valence-corrected chi connectivity index (χ3v) is 1.72. The van der Waals surface area contributed by atoms with E-state index < -0.39 is 0 Å². The Kier molecular flexibility index (Phi) is 1.43. The van der Waals surface area contributed by atoms with E-state index in [1.807, 2.05) is 13.0 Å². The first kappa shape index (κ1) is 7.02. The summed E-state index contributed by atoms with van der Waals surface area (Å²) in [5.74, 6) is 1.55. The van der Waals surface area contributed by atoms with Crippen LogP contribution in [0.5, 0.6) is 0 Å². The summed E-state index contributed by atoms with van der Waals surface area (Å²) in [6, 6.07) is 1.85. The highest BCUT2D eigenvalue weighted by atomic mass is 16.3. The second kappa shape index (κ2) is 2.44. The average molecular weight is 164 g/mol. The van der Waals surface area contributed by atoms with Crippen molar-refractivity contribution >= 4 is 0 Å². The predicted molar refractivity (Wildman–Crippen MR) is 41.2 cm³/mol. The van der Waals surface area contributed by atoms with E-state index in [9.17, 15) is 0 Å². The van der Waals surface area contributed by atoms with Crippen molar-refractivity contribution in [1.29, 1.82) is 0 Å². The lowest BCUT2D eigenvalue weighted by Gasteiger charge is -1.94. The first-order chi connectivity index (χ1) is 5.79. The Bertz CT molecular complexity index is 351. The van der Waals surface area contributed by atoms with Crippen molar-refractivity contribution in [2.45, 2.75) is 6.92 Å². The maximum absolute atomic E-state index is 5.13. The van der Waals surface area contributed by atoms with Gasteiger partial charge < -0.3 is 4.42 Å². The summed E-state index contributed by atoms with van der Waals surface area (Å²) in [6.07, 6.45) is 1.62. The summed E-state index contributed by atoms with van der Waals surface area (Å²) in [4.78, 5) is 0. The van der Waals surface area contributed by atoms with E-state index in [4.69, 9.17) is 4.42 Å². The van der Waals surface area contributed by atoms with Crippen LogP contribution in [0.3, 0.4) is 0 Å². The normalized spacial score (nSPS) is 10.5. The van der Waals surface area contributed by atoms with E-state index >= 15 is 0 Å². The Balaban J connectivity index is 2.57. The van der Waals surface area contributed by atoms with Gasteiger partial charge in [-0.3, -0.25) is 0 Å². The van der Waals surface area contributed by atoms with Gasteiger partial charge in [0, 0.05) is 7.05 Å². The zero-order valence-corrected chi connectivity index (χ0v) is 6.85. The molecule has 0 fully saturated rings. The molecule has 0 radical (unpaired) electrons. The zero-order valence-electron chi connectivity index (χ0n) is 6.85. The van der Waals surface area contributed by atoms with Crippen molar-refractivity contribution in [2.24, 2.45) is 7.05 Å². The fraction of sp³-hybridized carbons (Fsp3) is 0.286. The number of hydrogen-bond acceptors (Lipinski definition) is 4. The lowest BCUT2D eigenvalue weighted by Crippen LogP contribution is -1.94. The van der Waals surface area contributed by atoms with E-state index in [0.717, 1.165) is 17.1 Å². The van der Waals surface area contributed by atoms with Crippen molar-refractivity contribution in [3.63, 3.8) is 0 Å². The molecule has 0 aliphatic carbocycles. The van der Waals surface area contributed by atoms with Crippen molar-refractivity contribution in [3.05, 3.63) is 18.1 Å². The van der Waals surface area contributed by atoms with Crippen LogP contribution < -0.4 is 0 Å². The van der Waals surface area contributed by atoms with Gasteiger partial charge in [-0.05, 0) is 23.4 Å². The minimum atomic E-state index is 0.723. The molecule has 5 nitrogen and oxygen atoms in total. The lowest BCUT2D eigenvalue weighted by atomic mass is 10.2. The van der Waals surface area contributed by atoms with Gasteiger partial charge >= 0.3 is 0 Å². The van der Waals surface area contributed by atoms with Crippen LogP contribution in [0, 0.1) is 6.92 Å². The Labute approximate surface area is 69.0 Å². The molecule has 12 heavy (non-hydrogen) atoms. The van der Waals surface area contributed by atoms with Crippen LogP contribution in [0.15, 0.2) is 16.7 Å². The van der Waals surface area contributed by atoms with Crippen LogP contribution in [0.4, 0.5) is 0 Å². The Morgan fingerprint density at radius 1 is 1.50 bits per heavy atom. The molecule has 2 aromatic rings. The quantitative estimate of drug-likeness (QED) is 0.624. The monoisotopic (exact) mass is 164 g/mol. The highest BCUT2D eigenvalue weighted by Crippen LogP contribution is 2.19. The number of aromatic nitrogens is 4. The van der Waals surface area contributed by atoms with Crippen LogP contribution in [-0.4, -0.2) is 20.2 Å². The standard InChI is InChI=1S/C7H8N4O/c1-5-6(3-4-12-5)7-8-9-10-11(7)2/h3-4H,1-2H3. The second-order valence-corrected chi connectivity index (χ2v) is 2.52. The van der Waals surface area contributed by atoms with Crippen molar-refractivity contribution in [3.8, 4) is 11.4 Å².